The highest BCUT2D eigenvalue weighted by Gasteiger charge is 2.24. The second-order valence-electron chi connectivity index (χ2n) is 7.27. The number of amides is 1. The molecule has 1 amide bonds. The van der Waals surface area contributed by atoms with Gasteiger partial charge >= 0.3 is 11.9 Å². The van der Waals surface area contributed by atoms with Crippen LogP contribution in [-0.4, -0.2) is 31.6 Å². The first kappa shape index (κ1) is 22.2. The molecule has 1 atom stereocenters. The highest BCUT2D eigenvalue weighted by atomic mass is 32.1. The van der Waals surface area contributed by atoms with Crippen LogP contribution in [0.5, 0.6) is 0 Å². The molecule has 7 nitrogen and oxygen atoms in total. The van der Waals surface area contributed by atoms with Crippen LogP contribution in [0.2, 0.25) is 0 Å². The first-order valence-electron chi connectivity index (χ1n) is 9.79. The molecule has 0 aliphatic heterocycles. The molecule has 2 aromatic rings. The third-order valence-electron chi connectivity index (χ3n) is 4.97. The topological polar surface area (TPSA) is 105 Å². The number of hydrogen-bond donors (Lipinski definition) is 1. The summed E-state index contributed by atoms with van der Waals surface area (Å²) in [5.41, 5.74) is 2.63. The van der Waals surface area contributed by atoms with Crippen LogP contribution >= 0.6 is 11.3 Å². The molecule has 0 saturated heterocycles. The quantitative estimate of drug-likeness (QED) is 0.544. The van der Waals surface area contributed by atoms with E-state index in [0.29, 0.717) is 27.6 Å². The van der Waals surface area contributed by atoms with Crippen molar-refractivity contribution in [3.8, 4) is 6.07 Å². The summed E-state index contributed by atoms with van der Waals surface area (Å²) in [5.74, 6) is -1.05. The largest absolute Gasteiger partial charge is 0.465 e. The van der Waals surface area contributed by atoms with Crippen molar-refractivity contribution < 1.29 is 23.9 Å². The fourth-order valence-corrected chi connectivity index (χ4v) is 4.69. The van der Waals surface area contributed by atoms with Gasteiger partial charge in [0.1, 0.15) is 11.1 Å². The Kier molecular flexibility index (Phi) is 7.21. The lowest BCUT2D eigenvalue weighted by Crippen LogP contribution is -2.20. The highest BCUT2D eigenvalue weighted by Crippen LogP contribution is 2.39. The molecule has 31 heavy (non-hydrogen) atoms. The third kappa shape index (κ3) is 5.58. The molecule has 3 rings (SSSR count). The normalized spacial score (nSPS) is 15.1. The number of methoxy groups -OCH3 is 1. The van der Waals surface area contributed by atoms with Gasteiger partial charge in [0.25, 0.3) is 5.91 Å². The van der Waals surface area contributed by atoms with Crippen LogP contribution in [0, 0.1) is 17.2 Å². The molecule has 0 fully saturated rings. The summed E-state index contributed by atoms with van der Waals surface area (Å²) in [4.78, 5) is 36.7. The molecular weight excluding hydrogens is 416 g/mol. The highest BCUT2D eigenvalue weighted by molar-refractivity contribution is 7.16. The van der Waals surface area contributed by atoms with Crippen LogP contribution in [0.4, 0.5) is 5.00 Å². The molecule has 0 spiro atoms. The minimum absolute atomic E-state index is 0.403. The number of hydrogen-bond acceptors (Lipinski definition) is 7. The number of ether oxygens (including phenoxy) is 2. The molecule has 0 unspecified atom stereocenters. The summed E-state index contributed by atoms with van der Waals surface area (Å²) >= 11 is 1.42. The van der Waals surface area contributed by atoms with Gasteiger partial charge in [0.15, 0.2) is 6.61 Å². The number of nitriles is 1. The molecule has 1 aromatic heterocycles. The van der Waals surface area contributed by atoms with Gasteiger partial charge in [-0.25, -0.2) is 9.59 Å². The Morgan fingerprint density at radius 2 is 2.03 bits per heavy atom. The van der Waals surface area contributed by atoms with Crippen molar-refractivity contribution in [3.63, 3.8) is 0 Å². The molecule has 1 N–H and O–H groups in total. The SMILES string of the molecule is COC(=O)c1ccc(/C=C/C(=O)OCC(=O)Nc2sc3c(c2C#N)CC[C@@H](C)C3)cc1. The Morgan fingerprint density at radius 3 is 2.71 bits per heavy atom. The van der Waals surface area contributed by atoms with Crippen molar-refractivity contribution in [3.05, 3.63) is 57.5 Å². The van der Waals surface area contributed by atoms with E-state index in [-0.39, 0.29) is 0 Å². The number of thiophene rings is 1. The average Bonchev–Trinajstić information content (AvgIpc) is 3.11. The lowest BCUT2D eigenvalue weighted by atomic mass is 9.89. The summed E-state index contributed by atoms with van der Waals surface area (Å²) < 4.78 is 9.61. The number of fused-ring (bicyclic) bond motifs is 1. The fourth-order valence-electron chi connectivity index (χ4n) is 3.32. The number of rotatable bonds is 6. The number of nitrogens with one attached hydrogen (secondary N) is 1. The van der Waals surface area contributed by atoms with Crippen LogP contribution < -0.4 is 5.32 Å². The van der Waals surface area contributed by atoms with Gasteiger partial charge in [-0.3, -0.25) is 4.79 Å². The van der Waals surface area contributed by atoms with Gasteiger partial charge in [0.2, 0.25) is 0 Å². The van der Waals surface area contributed by atoms with Crippen LogP contribution in [0.25, 0.3) is 6.08 Å². The molecule has 0 saturated carbocycles. The van der Waals surface area contributed by atoms with E-state index in [4.69, 9.17) is 4.74 Å². The molecule has 8 heteroatoms. The Morgan fingerprint density at radius 1 is 1.29 bits per heavy atom. The number of anilines is 1. The molecule has 1 aliphatic rings. The molecule has 1 aromatic carbocycles. The van der Waals surface area contributed by atoms with Gasteiger partial charge in [0.05, 0.1) is 18.2 Å². The minimum Gasteiger partial charge on any atom is -0.465 e. The predicted molar refractivity (Wildman–Crippen MR) is 117 cm³/mol. The number of carbonyl (C=O) groups excluding carboxylic acids is 3. The minimum atomic E-state index is -0.674. The zero-order chi connectivity index (χ0) is 22.4. The molecule has 1 aliphatic carbocycles. The van der Waals surface area contributed by atoms with Crippen LogP contribution in [-0.2, 0) is 31.9 Å². The van der Waals surface area contributed by atoms with E-state index in [9.17, 15) is 19.6 Å². The summed E-state index contributed by atoms with van der Waals surface area (Å²) in [6.07, 6.45) is 5.49. The fraction of sp³-hybridized carbons (Fsp3) is 0.304. The van der Waals surface area contributed by atoms with Gasteiger partial charge in [-0.05, 0) is 54.5 Å². The summed E-state index contributed by atoms with van der Waals surface area (Å²) in [5, 5.41) is 12.7. The van der Waals surface area contributed by atoms with Crippen LogP contribution in [0.15, 0.2) is 30.3 Å². The molecule has 0 bridgehead atoms. The van der Waals surface area contributed by atoms with Crippen molar-refractivity contribution in [2.45, 2.75) is 26.2 Å². The maximum Gasteiger partial charge on any atom is 0.337 e. The monoisotopic (exact) mass is 438 g/mol. The lowest BCUT2D eigenvalue weighted by Gasteiger charge is -2.17. The van der Waals surface area contributed by atoms with Crippen molar-refractivity contribution >= 4 is 40.3 Å². The molecule has 1 heterocycles. The zero-order valence-electron chi connectivity index (χ0n) is 17.3. The number of benzene rings is 1. The van der Waals surface area contributed by atoms with E-state index < -0.39 is 24.5 Å². The van der Waals surface area contributed by atoms with E-state index in [0.717, 1.165) is 29.7 Å². The summed E-state index contributed by atoms with van der Waals surface area (Å²) in [6, 6.07) is 8.67. The van der Waals surface area contributed by atoms with Crippen molar-refractivity contribution in [2.24, 2.45) is 5.92 Å². The van der Waals surface area contributed by atoms with Gasteiger partial charge in [0, 0.05) is 11.0 Å². The van der Waals surface area contributed by atoms with Crippen LogP contribution in [0.3, 0.4) is 0 Å². The second-order valence-corrected chi connectivity index (χ2v) is 8.38. The van der Waals surface area contributed by atoms with Gasteiger partial charge in [-0.2, -0.15) is 5.26 Å². The number of esters is 2. The van der Waals surface area contributed by atoms with Gasteiger partial charge < -0.3 is 14.8 Å². The van der Waals surface area contributed by atoms with Crippen molar-refractivity contribution in [1.82, 2.24) is 0 Å². The first-order chi connectivity index (χ1) is 14.9. The van der Waals surface area contributed by atoms with E-state index in [1.807, 2.05) is 0 Å². The Balaban J connectivity index is 1.53. The molecule has 0 radical (unpaired) electrons. The molecular formula is C23H22N2O5S. The lowest BCUT2D eigenvalue weighted by molar-refractivity contribution is -0.142. The summed E-state index contributed by atoms with van der Waals surface area (Å²) in [6.45, 7) is 1.72. The smallest absolute Gasteiger partial charge is 0.337 e. The second kappa shape index (κ2) is 10.0. The maximum atomic E-state index is 12.2. The van der Waals surface area contributed by atoms with Crippen molar-refractivity contribution in [2.75, 3.05) is 19.0 Å². The molecule has 160 valence electrons. The zero-order valence-corrected chi connectivity index (χ0v) is 18.1. The number of carbonyl (C=O) groups is 3. The summed E-state index contributed by atoms with van der Waals surface area (Å²) in [7, 11) is 1.30. The first-order valence-corrected chi connectivity index (χ1v) is 10.6. The van der Waals surface area contributed by atoms with Crippen molar-refractivity contribution in [1.29, 1.82) is 5.26 Å². The Hall–Kier alpha value is -3.44. The predicted octanol–water partition coefficient (Wildman–Crippen LogP) is 3.73. The van der Waals surface area contributed by atoms with Crippen LogP contribution in [0.1, 0.15) is 45.3 Å². The maximum absolute atomic E-state index is 12.2. The standard InChI is InChI=1S/C23H22N2O5S/c1-14-3-9-17-18(12-24)22(31-19(17)11-14)25-20(26)13-30-21(27)10-6-15-4-7-16(8-5-15)23(28)29-2/h4-8,10,14H,3,9,11,13H2,1-2H3,(H,25,26)/b10-6+/t14-/m1/s1. The van der Waals surface area contributed by atoms with E-state index in [2.05, 4.69) is 23.0 Å². The van der Waals surface area contributed by atoms with E-state index >= 15 is 0 Å². The van der Waals surface area contributed by atoms with Gasteiger partial charge in [-0.1, -0.05) is 19.1 Å². The van der Waals surface area contributed by atoms with E-state index in [1.54, 1.807) is 24.3 Å². The van der Waals surface area contributed by atoms with Gasteiger partial charge in [-0.15, -0.1) is 11.3 Å². The Labute approximate surface area is 184 Å². The Bertz CT molecular complexity index is 1060. The average molecular weight is 439 g/mol. The third-order valence-corrected chi connectivity index (χ3v) is 6.14. The number of nitrogens with zero attached hydrogens (tertiary/aromatic N) is 1. The van der Waals surface area contributed by atoms with E-state index in [1.165, 1.54) is 30.6 Å².